The number of unbranched alkanes of at least 4 members (excludes halogenated alkanes) is 14. The second kappa shape index (κ2) is 49.1. The van der Waals surface area contributed by atoms with Gasteiger partial charge in [0, 0.05) is 13.0 Å². The number of hydrogen-bond donors (Lipinski definition) is 0. The molecule has 0 amide bonds. The van der Waals surface area contributed by atoms with Crippen LogP contribution >= 0.6 is 0 Å². The van der Waals surface area contributed by atoms with Gasteiger partial charge in [0.2, 0.25) is 0 Å². The van der Waals surface area contributed by atoms with E-state index >= 15 is 0 Å². The standard InChI is InChI=1S/C41H82O12/c1-3-5-7-8-9-10-11-12-13-14-15-16-17-19-41(42)53-40-39-52-38-37-51-36-35-50-34-33-49-32-31-48-30-29-47-28-27-46-26-25-45-24-23-44-22-21-43-20-18-6-4-2/h3-40H2,1-2H3. The van der Waals surface area contributed by atoms with Gasteiger partial charge in [0.15, 0.2) is 0 Å². The van der Waals surface area contributed by atoms with Crippen LogP contribution in [0.15, 0.2) is 0 Å². The second-order valence-electron chi connectivity index (χ2n) is 13.0. The average molecular weight is 767 g/mol. The Hall–Kier alpha value is -0.930. The van der Waals surface area contributed by atoms with E-state index in [1.54, 1.807) is 0 Å². The minimum atomic E-state index is -0.130. The smallest absolute Gasteiger partial charge is 0.305 e. The predicted molar refractivity (Wildman–Crippen MR) is 209 cm³/mol. The number of carbonyl (C=O) groups is 1. The average Bonchev–Trinajstić information content (AvgIpc) is 3.16. The van der Waals surface area contributed by atoms with E-state index in [0.29, 0.717) is 139 Å². The first kappa shape index (κ1) is 52.1. The highest BCUT2D eigenvalue weighted by atomic mass is 16.6. The monoisotopic (exact) mass is 767 g/mol. The Morgan fingerprint density at radius 1 is 0.264 bits per heavy atom. The first-order valence-corrected chi connectivity index (χ1v) is 21.2. The highest BCUT2D eigenvalue weighted by molar-refractivity contribution is 5.69. The summed E-state index contributed by atoms with van der Waals surface area (Å²) in [4.78, 5) is 11.9. The molecule has 0 saturated carbocycles. The molecule has 0 heterocycles. The summed E-state index contributed by atoms with van der Waals surface area (Å²) >= 11 is 0. The van der Waals surface area contributed by atoms with Gasteiger partial charge in [-0.3, -0.25) is 4.79 Å². The Morgan fingerprint density at radius 3 is 0.792 bits per heavy atom. The number of ether oxygens (including phenoxy) is 11. The molecule has 0 aromatic rings. The number of carbonyl (C=O) groups excluding carboxylic acids is 1. The van der Waals surface area contributed by atoms with E-state index in [9.17, 15) is 4.79 Å². The maximum Gasteiger partial charge on any atom is 0.305 e. The van der Waals surface area contributed by atoms with Crippen LogP contribution in [0.2, 0.25) is 0 Å². The van der Waals surface area contributed by atoms with Crippen molar-refractivity contribution >= 4 is 5.97 Å². The first-order valence-electron chi connectivity index (χ1n) is 21.2. The molecule has 318 valence electrons. The van der Waals surface area contributed by atoms with Crippen molar-refractivity contribution in [2.75, 3.05) is 139 Å². The van der Waals surface area contributed by atoms with Crippen LogP contribution in [0.25, 0.3) is 0 Å². The maximum atomic E-state index is 11.9. The lowest BCUT2D eigenvalue weighted by Gasteiger charge is -2.09. The fourth-order valence-electron chi connectivity index (χ4n) is 5.11. The van der Waals surface area contributed by atoms with Crippen molar-refractivity contribution in [2.24, 2.45) is 0 Å². The molecule has 0 rings (SSSR count). The molecule has 12 heteroatoms. The zero-order chi connectivity index (χ0) is 38.2. The summed E-state index contributed by atoms with van der Waals surface area (Å²) in [5.41, 5.74) is 0. The lowest BCUT2D eigenvalue weighted by Crippen LogP contribution is -2.15. The first-order chi connectivity index (χ1) is 26.3. The van der Waals surface area contributed by atoms with Crippen LogP contribution in [0.3, 0.4) is 0 Å². The fourth-order valence-corrected chi connectivity index (χ4v) is 5.11. The van der Waals surface area contributed by atoms with Gasteiger partial charge in [-0.25, -0.2) is 0 Å². The van der Waals surface area contributed by atoms with Crippen molar-refractivity contribution in [3.8, 4) is 0 Å². The van der Waals surface area contributed by atoms with E-state index in [1.165, 1.54) is 83.5 Å². The predicted octanol–water partition coefficient (Wildman–Crippen LogP) is 7.37. The van der Waals surface area contributed by atoms with Crippen LogP contribution in [-0.4, -0.2) is 145 Å². The van der Waals surface area contributed by atoms with Gasteiger partial charge in [-0.2, -0.15) is 0 Å². The number of hydrogen-bond acceptors (Lipinski definition) is 12. The largest absolute Gasteiger partial charge is 0.463 e. The quantitative estimate of drug-likeness (QED) is 0.0455. The Morgan fingerprint density at radius 2 is 0.491 bits per heavy atom. The lowest BCUT2D eigenvalue weighted by atomic mass is 10.0. The highest BCUT2D eigenvalue weighted by Crippen LogP contribution is 2.13. The molecule has 0 atom stereocenters. The fraction of sp³-hybridized carbons (Fsp3) is 0.976. The topological polar surface area (TPSA) is 119 Å². The van der Waals surface area contributed by atoms with Crippen molar-refractivity contribution in [1.82, 2.24) is 0 Å². The highest BCUT2D eigenvalue weighted by Gasteiger charge is 2.03. The second-order valence-corrected chi connectivity index (χ2v) is 13.0. The van der Waals surface area contributed by atoms with E-state index < -0.39 is 0 Å². The zero-order valence-corrected chi connectivity index (χ0v) is 34.3. The van der Waals surface area contributed by atoms with Crippen LogP contribution in [0.1, 0.15) is 123 Å². The van der Waals surface area contributed by atoms with Gasteiger partial charge in [-0.05, 0) is 12.8 Å². The van der Waals surface area contributed by atoms with Crippen LogP contribution in [0, 0.1) is 0 Å². The van der Waals surface area contributed by atoms with E-state index in [1.807, 2.05) is 0 Å². The van der Waals surface area contributed by atoms with Crippen molar-refractivity contribution < 1.29 is 56.9 Å². The molecule has 0 fully saturated rings. The molecular weight excluding hydrogens is 684 g/mol. The normalized spacial score (nSPS) is 11.5. The summed E-state index contributed by atoms with van der Waals surface area (Å²) < 4.78 is 60.2. The van der Waals surface area contributed by atoms with Gasteiger partial charge in [0.1, 0.15) is 6.61 Å². The van der Waals surface area contributed by atoms with E-state index in [-0.39, 0.29) is 5.97 Å². The Labute approximate surface area is 324 Å². The molecule has 0 radical (unpaired) electrons. The molecule has 0 aliphatic heterocycles. The van der Waals surface area contributed by atoms with E-state index in [2.05, 4.69) is 13.8 Å². The van der Waals surface area contributed by atoms with Gasteiger partial charge >= 0.3 is 5.97 Å². The Bertz CT molecular complexity index is 673. The molecule has 12 nitrogen and oxygen atoms in total. The summed E-state index contributed by atoms with van der Waals surface area (Å²) in [6.45, 7) is 15.4. The maximum absolute atomic E-state index is 11.9. The van der Waals surface area contributed by atoms with Gasteiger partial charge < -0.3 is 52.1 Å². The molecule has 0 aromatic heterocycles. The van der Waals surface area contributed by atoms with E-state index in [0.717, 1.165) is 25.9 Å². The Balaban J connectivity index is 3.12. The summed E-state index contributed by atoms with van der Waals surface area (Å²) in [7, 11) is 0. The number of esters is 1. The molecule has 0 aromatic carbocycles. The van der Waals surface area contributed by atoms with Gasteiger partial charge in [-0.15, -0.1) is 0 Å². The third kappa shape index (κ3) is 49.1. The molecule has 0 aliphatic rings. The van der Waals surface area contributed by atoms with Crippen molar-refractivity contribution in [1.29, 1.82) is 0 Å². The Kier molecular flexibility index (Phi) is 48.2. The molecule has 0 N–H and O–H groups in total. The molecule has 0 spiro atoms. The minimum absolute atomic E-state index is 0.130. The van der Waals surface area contributed by atoms with Crippen LogP contribution in [0.4, 0.5) is 0 Å². The third-order valence-corrected chi connectivity index (χ3v) is 8.22. The van der Waals surface area contributed by atoms with Crippen LogP contribution in [-0.2, 0) is 56.9 Å². The molecular formula is C41H82O12. The minimum Gasteiger partial charge on any atom is -0.463 e. The van der Waals surface area contributed by atoms with Crippen molar-refractivity contribution in [3.05, 3.63) is 0 Å². The third-order valence-electron chi connectivity index (χ3n) is 8.22. The van der Waals surface area contributed by atoms with Gasteiger partial charge in [0.05, 0.1) is 126 Å². The summed E-state index contributed by atoms with van der Waals surface area (Å²) in [5.74, 6) is -0.130. The van der Waals surface area contributed by atoms with Crippen LogP contribution < -0.4 is 0 Å². The van der Waals surface area contributed by atoms with Crippen LogP contribution in [0.5, 0.6) is 0 Å². The van der Waals surface area contributed by atoms with Gasteiger partial charge in [-0.1, -0.05) is 104 Å². The summed E-state index contributed by atoms with van der Waals surface area (Å²) in [6, 6.07) is 0. The molecule has 0 unspecified atom stereocenters. The molecule has 0 bridgehead atoms. The molecule has 53 heavy (non-hydrogen) atoms. The summed E-state index contributed by atoms with van der Waals surface area (Å²) in [6.07, 6.45) is 20.9. The molecule has 0 saturated heterocycles. The zero-order valence-electron chi connectivity index (χ0n) is 34.3. The lowest BCUT2D eigenvalue weighted by molar-refractivity contribution is -0.145. The molecule has 0 aliphatic carbocycles. The number of rotatable bonds is 48. The SMILES string of the molecule is CCCCCCCCCCCCCCCC(=O)OCCOCCOCCOCCOCCOCCOCCOCCOCCOCCOCCCCC. The van der Waals surface area contributed by atoms with Crippen molar-refractivity contribution in [3.63, 3.8) is 0 Å². The summed E-state index contributed by atoms with van der Waals surface area (Å²) in [5, 5.41) is 0. The van der Waals surface area contributed by atoms with E-state index in [4.69, 9.17) is 52.1 Å². The van der Waals surface area contributed by atoms with Gasteiger partial charge in [0.25, 0.3) is 0 Å². The van der Waals surface area contributed by atoms with Crippen molar-refractivity contribution in [2.45, 2.75) is 123 Å².